The van der Waals surface area contributed by atoms with E-state index in [2.05, 4.69) is 0 Å². The van der Waals surface area contributed by atoms with Crippen molar-refractivity contribution < 1.29 is 43.9 Å². The van der Waals surface area contributed by atoms with Crippen LogP contribution in [0.1, 0.15) is 5.56 Å². The third-order valence-corrected chi connectivity index (χ3v) is 4.78. The van der Waals surface area contributed by atoms with E-state index >= 15 is 0 Å². The number of carbonyl (C=O) groups is 1. The number of benzene rings is 2. The Balaban J connectivity index is 1.95. The molecular weight excluding hydrogens is 412 g/mol. The molecule has 10 heteroatoms. The summed E-state index contributed by atoms with van der Waals surface area (Å²) in [5.74, 6) is -2.65. The third-order valence-electron chi connectivity index (χ3n) is 4.78. The Kier molecular flexibility index (Phi) is 4.46. The van der Waals surface area contributed by atoms with Crippen LogP contribution in [0.25, 0.3) is 33.4 Å². The summed E-state index contributed by atoms with van der Waals surface area (Å²) in [5, 5.41) is 49.5. The predicted molar refractivity (Wildman–Crippen MR) is 105 cm³/mol. The second kappa shape index (κ2) is 7.02. The fraction of sp³-hybridized carbons (Fsp3) is 0.0476. The highest BCUT2D eigenvalue weighted by molar-refractivity contribution is 5.93. The topological polar surface area (TPSA) is 171 Å². The number of furan rings is 1. The standard InChI is InChI=1S/C21H14O10/c1-8-11(6-29-20(8)10-3-13(24)14(25)4-16(10)30-7-22)18-19(27)9-2-12(23)15(26)5-17(9)31-21(18)28/h2-7,23-27H,1H3. The van der Waals surface area contributed by atoms with E-state index in [0.717, 1.165) is 30.5 Å². The van der Waals surface area contributed by atoms with Crippen molar-refractivity contribution >= 4 is 17.4 Å². The molecule has 0 saturated heterocycles. The normalized spacial score (nSPS) is 11.0. The second-order valence-electron chi connectivity index (χ2n) is 6.60. The molecule has 0 unspecified atom stereocenters. The zero-order valence-corrected chi connectivity index (χ0v) is 15.7. The van der Waals surface area contributed by atoms with Gasteiger partial charge in [-0.25, -0.2) is 4.79 Å². The van der Waals surface area contributed by atoms with Crippen LogP contribution >= 0.6 is 0 Å². The molecule has 158 valence electrons. The van der Waals surface area contributed by atoms with Crippen LogP contribution in [-0.4, -0.2) is 32.0 Å². The smallest absolute Gasteiger partial charge is 0.348 e. The monoisotopic (exact) mass is 426 g/mol. The number of carbonyl (C=O) groups excluding carboxylic acids is 1. The van der Waals surface area contributed by atoms with Crippen molar-refractivity contribution in [1.29, 1.82) is 0 Å². The van der Waals surface area contributed by atoms with Gasteiger partial charge in [0, 0.05) is 23.3 Å². The maximum absolute atomic E-state index is 12.6. The van der Waals surface area contributed by atoms with Crippen molar-refractivity contribution in [3.05, 3.63) is 46.5 Å². The van der Waals surface area contributed by atoms with Gasteiger partial charge in [-0.3, -0.25) is 4.79 Å². The SMILES string of the molecule is Cc1c(-c2c(O)c3cc(O)c(O)cc3oc2=O)coc1-c1cc(O)c(O)cc1OC=O. The van der Waals surface area contributed by atoms with Gasteiger partial charge >= 0.3 is 5.63 Å². The molecule has 2 heterocycles. The van der Waals surface area contributed by atoms with Crippen LogP contribution in [-0.2, 0) is 4.79 Å². The maximum Gasteiger partial charge on any atom is 0.348 e. The Bertz CT molecular complexity index is 1410. The molecule has 4 rings (SSSR count). The van der Waals surface area contributed by atoms with Crippen molar-refractivity contribution in [2.45, 2.75) is 6.92 Å². The van der Waals surface area contributed by atoms with Gasteiger partial charge in [-0.05, 0) is 19.1 Å². The fourth-order valence-electron chi connectivity index (χ4n) is 3.26. The highest BCUT2D eigenvalue weighted by atomic mass is 16.5. The van der Waals surface area contributed by atoms with E-state index < -0.39 is 34.4 Å². The molecular formula is C21H14O10. The van der Waals surface area contributed by atoms with Crippen molar-refractivity contribution in [2.75, 3.05) is 0 Å². The molecule has 0 radical (unpaired) electrons. The lowest BCUT2D eigenvalue weighted by Crippen LogP contribution is -2.04. The number of fused-ring (bicyclic) bond motifs is 1. The van der Waals surface area contributed by atoms with Gasteiger partial charge in [-0.15, -0.1) is 0 Å². The number of hydrogen-bond acceptors (Lipinski definition) is 10. The Hall–Kier alpha value is -4.60. The van der Waals surface area contributed by atoms with Crippen LogP contribution in [0, 0.1) is 6.92 Å². The molecule has 0 fully saturated rings. The molecule has 0 aliphatic carbocycles. The third kappa shape index (κ3) is 3.06. The lowest BCUT2D eigenvalue weighted by Gasteiger charge is -2.09. The molecule has 0 saturated carbocycles. The molecule has 0 spiro atoms. The predicted octanol–water partition coefficient (Wildman–Crippen LogP) is 3.09. The number of rotatable bonds is 4. The molecule has 10 nitrogen and oxygen atoms in total. The minimum Gasteiger partial charge on any atom is -0.506 e. The Labute approximate surface area is 172 Å². The zero-order chi connectivity index (χ0) is 22.4. The number of phenols is 4. The maximum atomic E-state index is 12.6. The molecule has 2 aromatic carbocycles. The fourth-order valence-corrected chi connectivity index (χ4v) is 3.26. The van der Waals surface area contributed by atoms with E-state index in [-0.39, 0.29) is 45.6 Å². The Morgan fingerprint density at radius 1 is 0.903 bits per heavy atom. The van der Waals surface area contributed by atoms with Gasteiger partial charge in [0.15, 0.2) is 23.0 Å². The number of phenolic OH excluding ortho intramolecular Hbond substituents is 4. The van der Waals surface area contributed by atoms with Gasteiger partial charge < -0.3 is 39.1 Å². The Morgan fingerprint density at radius 3 is 2.26 bits per heavy atom. The largest absolute Gasteiger partial charge is 0.506 e. The van der Waals surface area contributed by atoms with E-state index in [1.54, 1.807) is 6.92 Å². The van der Waals surface area contributed by atoms with E-state index in [1.165, 1.54) is 0 Å². The minimum atomic E-state index is -0.941. The molecule has 31 heavy (non-hydrogen) atoms. The number of aromatic hydroxyl groups is 5. The summed E-state index contributed by atoms with van der Waals surface area (Å²) >= 11 is 0. The van der Waals surface area contributed by atoms with Crippen LogP contribution in [0.4, 0.5) is 0 Å². The summed E-state index contributed by atoms with van der Waals surface area (Å²) in [4.78, 5) is 23.4. The molecule has 0 bridgehead atoms. The molecule has 0 amide bonds. The molecule has 4 aromatic rings. The summed E-state index contributed by atoms with van der Waals surface area (Å²) in [7, 11) is 0. The van der Waals surface area contributed by atoms with Crippen LogP contribution in [0.5, 0.6) is 34.5 Å². The molecule has 5 N–H and O–H groups in total. The lowest BCUT2D eigenvalue weighted by molar-refractivity contribution is -0.120. The second-order valence-corrected chi connectivity index (χ2v) is 6.60. The summed E-state index contributed by atoms with van der Waals surface area (Å²) in [6.45, 7) is 1.67. The Morgan fingerprint density at radius 2 is 1.55 bits per heavy atom. The van der Waals surface area contributed by atoms with Crippen LogP contribution in [0.15, 0.2) is 44.2 Å². The first-order valence-electron chi connectivity index (χ1n) is 8.69. The summed E-state index contributed by atoms with van der Waals surface area (Å²) in [5.41, 5.74) is -0.827. The molecule has 0 aliphatic rings. The minimum absolute atomic E-state index is 0.0284. The van der Waals surface area contributed by atoms with E-state index in [9.17, 15) is 35.1 Å². The lowest BCUT2D eigenvalue weighted by atomic mass is 9.99. The number of ether oxygens (including phenoxy) is 1. The van der Waals surface area contributed by atoms with Gasteiger partial charge in [0.25, 0.3) is 6.47 Å². The van der Waals surface area contributed by atoms with E-state index in [1.807, 2.05) is 0 Å². The summed E-state index contributed by atoms with van der Waals surface area (Å²) < 4.78 is 15.5. The van der Waals surface area contributed by atoms with Gasteiger partial charge in [-0.1, -0.05) is 0 Å². The van der Waals surface area contributed by atoms with Gasteiger partial charge in [0.05, 0.1) is 17.2 Å². The first-order chi connectivity index (χ1) is 14.7. The zero-order valence-electron chi connectivity index (χ0n) is 15.7. The molecule has 0 atom stereocenters. The molecule has 0 aliphatic heterocycles. The van der Waals surface area contributed by atoms with Crippen LogP contribution in [0.2, 0.25) is 0 Å². The first kappa shape index (κ1) is 19.7. The van der Waals surface area contributed by atoms with Crippen molar-refractivity contribution in [3.63, 3.8) is 0 Å². The molecule has 2 aromatic heterocycles. The highest BCUT2D eigenvalue weighted by Gasteiger charge is 2.25. The average Bonchev–Trinajstić information content (AvgIpc) is 3.08. The van der Waals surface area contributed by atoms with E-state index in [4.69, 9.17) is 13.6 Å². The summed E-state index contributed by atoms with van der Waals surface area (Å²) in [6, 6.07) is 4.15. The van der Waals surface area contributed by atoms with Gasteiger partial charge in [-0.2, -0.15) is 0 Å². The highest BCUT2D eigenvalue weighted by Crippen LogP contribution is 2.45. The van der Waals surface area contributed by atoms with Gasteiger partial charge in [0.2, 0.25) is 0 Å². The van der Waals surface area contributed by atoms with E-state index in [0.29, 0.717) is 5.56 Å². The quantitative estimate of drug-likeness (QED) is 0.185. The first-order valence-corrected chi connectivity index (χ1v) is 8.69. The van der Waals surface area contributed by atoms with Crippen LogP contribution in [0.3, 0.4) is 0 Å². The van der Waals surface area contributed by atoms with Gasteiger partial charge in [0.1, 0.15) is 28.4 Å². The average molecular weight is 426 g/mol. The summed E-state index contributed by atoms with van der Waals surface area (Å²) in [6.07, 6.45) is 1.15. The van der Waals surface area contributed by atoms with Crippen molar-refractivity contribution in [3.8, 4) is 56.9 Å². The van der Waals surface area contributed by atoms with Crippen molar-refractivity contribution in [1.82, 2.24) is 0 Å². The van der Waals surface area contributed by atoms with Crippen molar-refractivity contribution in [2.24, 2.45) is 0 Å². The van der Waals surface area contributed by atoms with Crippen LogP contribution < -0.4 is 10.4 Å². The number of hydrogen-bond donors (Lipinski definition) is 5.